The minimum atomic E-state index is -0.574. The molecule has 8 heteroatoms. The lowest BCUT2D eigenvalue weighted by Gasteiger charge is -2.12. The second-order valence-corrected chi connectivity index (χ2v) is 5.80. The molecule has 0 saturated heterocycles. The number of hydrogen-bond acceptors (Lipinski definition) is 5. The van der Waals surface area contributed by atoms with E-state index in [1.807, 2.05) is 0 Å². The van der Waals surface area contributed by atoms with Crippen LogP contribution in [-0.4, -0.2) is 31.4 Å². The van der Waals surface area contributed by atoms with Crippen molar-refractivity contribution in [3.8, 4) is 0 Å². The van der Waals surface area contributed by atoms with Crippen LogP contribution in [-0.2, 0) is 14.3 Å². The third-order valence-corrected chi connectivity index (χ3v) is 3.66. The molecule has 0 saturated carbocycles. The smallest absolute Gasteiger partial charge is 0.337 e. The monoisotopic (exact) mass is 373 g/mol. The van der Waals surface area contributed by atoms with Gasteiger partial charge in [-0.3, -0.25) is 9.59 Å². The molecular weight excluding hydrogens is 353 g/mol. The first kappa shape index (κ1) is 19.9. The quantitative estimate of drug-likeness (QED) is 0.677. The molecule has 0 bridgehead atoms. The van der Waals surface area contributed by atoms with Crippen molar-refractivity contribution in [3.63, 3.8) is 0 Å². The summed E-state index contributed by atoms with van der Waals surface area (Å²) in [7, 11) is 1.28. The van der Waals surface area contributed by atoms with E-state index in [2.05, 4.69) is 20.7 Å². The first-order valence-electron chi connectivity index (χ1n) is 8.10. The third-order valence-electron chi connectivity index (χ3n) is 3.66. The van der Waals surface area contributed by atoms with Crippen molar-refractivity contribution >= 4 is 34.8 Å². The highest BCUT2D eigenvalue weighted by atomic mass is 19.1. The van der Waals surface area contributed by atoms with E-state index in [0.717, 1.165) is 5.56 Å². The highest BCUT2D eigenvalue weighted by Gasteiger charge is 2.11. The van der Waals surface area contributed by atoms with E-state index < -0.39 is 17.7 Å². The maximum absolute atomic E-state index is 13.6. The second kappa shape index (κ2) is 8.79. The lowest BCUT2D eigenvalue weighted by Crippen LogP contribution is -2.22. The van der Waals surface area contributed by atoms with Crippen LogP contribution in [0.2, 0.25) is 0 Å². The Morgan fingerprint density at radius 2 is 1.78 bits per heavy atom. The largest absolute Gasteiger partial charge is 0.465 e. The Balaban J connectivity index is 2.03. The molecule has 27 heavy (non-hydrogen) atoms. The van der Waals surface area contributed by atoms with Crippen LogP contribution in [0.1, 0.15) is 22.8 Å². The number of anilines is 3. The Bertz CT molecular complexity index is 883. The van der Waals surface area contributed by atoms with Gasteiger partial charge in [-0.25, -0.2) is 9.18 Å². The average Bonchev–Trinajstić information content (AvgIpc) is 2.63. The van der Waals surface area contributed by atoms with Crippen molar-refractivity contribution in [1.82, 2.24) is 0 Å². The van der Waals surface area contributed by atoms with Gasteiger partial charge in [-0.05, 0) is 42.8 Å². The molecule has 0 heterocycles. The van der Waals surface area contributed by atoms with Crippen molar-refractivity contribution in [2.75, 3.05) is 29.6 Å². The van der Waals surface area contributed by atoms with Crippen LogP contribution in [0.3, 0.4) is 0 Å². The van der Waals surface area contributed by atoms with Crippen molar-refractivity contribution in [2.45, 2.75) is 13.8 Å². The van der Waals surface area contributed by atoms with E-state index in [-0.39, 0.29) is 18.1 Å². The molecule has 2 amide bonds. The summed E-state index contributed by atoms with van der Waals surface area (Å²) in [6.07, 6.45) is 0. The van der Waals surface area contributed by atoms with Gasteiger partial charge in [0, 0.05) is 18.3 Å². The molecule has 0 aliphatic carbocycles. The van der Waals surface area contributed by atoms with Gasteiger partial charge in [-0.1, -0.05) is 6.07 Å². The second-order valence-electron chi connectivity index (χ2n) is 5.80. The normalized spacial score (nSPS) is 10.1. The number of benzene rings is 2. The fourth-order valence-electron chi connectivity index (χ4n) is 2.30. The summed E-state index contributed by atoms with van der Waals surface area (Å²) in [6, 6.07) is 8.89. The molecule has 0 unspecified atom stereocenters. The number of nitrogens with one attached hydrogen (secondary N) is 3. The van der Waals surface area contributed by atoms with E-state index in [9.17, 15) is 18.8 Å². The zero-order chi connectivity index (χ0) is 20.0. The Morgan fingerprint density at radius 3 is 2.44 bits per heavy atom. The maximum Gasteiger partial charge on any atom is 0.337 e. The molecule has 142 valence electrons. The average molecular weight is 373 g/mol. The van der Waals surface area contributed by atoms with Gasteiger partial charge in [0.25, 0.3) is 0 Å². The predicted molar refractivity (Wildman–Crippen MR) is 100 cm³/mol. The van der Waals surface area contributed by atoms with E-state index in [1.54, 1.807) is 19.1 Å². The van der Waals surface area contributed by atoms with Crippen molar-refractivity contribution < 1.29 is 23.5 Å². The SMILES string of the molecule is COC(=O)c1ccc(C)c(NC(=O)CNc2ccc(F)c(NC(C)=O)c2)c1. The molecule has 2 aromatic carbocycles. The number of ether oxygens (including phenoxy) is 1. The highest BCUT2D eigenvalue weighted by Crippen LogP contribution is 2.20. The van der Waals surface area contributed by atoms with Gasteiger partial charge in [0.15, 0.2) is 0 Å². The number of carbonyl (C=O) groups excluding carboxylic acids is 3. The van der Waals surface area contributed by atoms with Gasteiger partial charge in [0.05, 0.1) is 24.9 Å². The van der Waals surface area contributed by atoms with E-state index >= 15 is 0 Å². The van der Waals surface area contributed by atoms with Crippen LogP contribution in [0.5, 0.6) is 0 Å². The topological polar surface area (TPSA) is 96.5 Å². The minimum absolute atomic E-state index is 0.0227. The Kier molecular flexibility index (Phi) is 6.48. The molecule has 0 radical (unpaired) electrons. The molecule has 3 N–H and O–H groups in total. The van der Waals surface area contributed by atoms with Crippen LogP contribution in [0.25, 0.3) is 0 Å². The molecule has 0 aliphatic heterocycles. The fraction of sp³-hybridized carbons (Fsp3) is 0.211. The van der Waals surface area contributed by atoms with Gasteiger partial charge in [-0.2, -0.15) is 0 Å². The molecule has 0 atom stereocenters. The Labute approximate surface area is 155 Å². The summed E-state index contributed by atoms with van der Waals surface area (Å²) in [5.74, 6) is -1.83. The molecule has 0 aromatic heterocycles. The zero-order valence-electron chi connectivity index (χ0n) is 15.2. The standard InChI is InChI=1S/C19H20FN3O4/c1-11-4-5-13(19(26)27-3)8-16(11)23-18(25)10-21-14-6-7-15(20)17(9-14)22-12(2)24/h4-9,21H,10H2,1-3H3,(H,22,24)(H,23,25). The Morgan fingerprint density at radius 1 is 1.04 bits per heavy atom. The lowest BCUT2D eigenvalue weighted by molar-refractivity contribution is -0.115. The van der Waals surface area contributed by atoms with Crippen LogP contribution in [0, 0.1) is 12.7 Å². The van der Waals surface area contributed by atoms with Gasteiger partial charge >= 0.3 is 5.97 Å². The number of aryl methyl sites for hydroxylation is 1. The molecule has 0 aliphatic rings. The summed E-state index contributed by atoms with van der Waals surface area (Å²) >= 11 is 0. The van der Waals surface area contributed by atoms with E-state index in [1.165, 1.54) is 38.3 Å². The molecule has 2 aromatic rings. The number of esters is 1. The van der Waals surface area contributed by atoms with Gasteiger partial charge < -0.3 is 20.7 Å². The third kappa shape index (κ3) is 5.53. The van der Waals surface area contributed by atoms with Crippen LogP contribution in [0.4, 0.5) is 21.5 Å². The minimum Gasteiger partial charge on any atom is -0.465 e. The van der Waals surface area contributed by atoms with Gasteiger partial charge in [-0.15, -0.1) is 0 Å². The molecule has 2 rings (SSSR count). The van der Waals surface area contributed by atoms with Crippen molar-refractivity contribution in [2.24, 2.45) is 0 Å². The number of amides is 2. The first-order chi connectivity index (χ1) is 12.8. The summed E-state index contributed by atoms with van der Waals surface area (Å²) in [4.78, 5) is 34.9. The molecule has 0 spiro atoms. The highest BCUT2D eigenvalue weighted by molar-refractivity contribution is 5.97. The summed E-state index contributed by atoms with van der Waals surface area (Å²) < 4.78 is 18.3. The number of methoxy groups -OCH3 is 1. The number of hydrogen-bond donors (Lipinski definition) is 3. The number of carbonyl (C=O) groups is 3. The first-order valence-corrected chi connectivity index (χ1v) is 8.10. The van der Waals surface area contributed by atoms with Gasteiger partial charge in [0.1, 0.15) is 5.82 Å². The number of rotatable bonds is 6. The van der Waals surface area contributed by atoms with Crippen molar-refractivity contribution in [3.05, 3.63) is 53.3 Å². The molecule has 7 nitrogen and oxygen atoms in total. The van der Waals surface area contributed by atoms with Crippen LogP contribution < -0.4 is 16.0 Å². The predicted octanol–water partition coefficient (Wildman–Crippen LogP) is 2.93. The fourth-order valence-corrected chi connectivity index (χ4v) is 2.30. The lowest BCUT2D eigenvalue weighted by atomic mass is 10.1. The van der Waals surface area contributed by atoms with Gasteiger partial charge in [0.2, 0.25) is 11.8 Å². The van der Waals surface area contributed by atoms with Crippen LogP contribution in [0.15, 0.2) is 36.4 Å². The number of halogens is 1. The maximum atomic E-state index is 13.6. The van der Waals surface area contributed by atoms with E-state index in [0.29, 0.717) is 16.9 Å². The summed E-state index contributed by atoms with van der Waals surface area (Å²) in [6.45, 7) is 2.98. The molecular formula is C19H20FN3O4. The Hall–Kier alpha value is -3.42. The zero-order valence-corrected chi connectivity index (χ0v) is 15.2. The van der Waals surface area contributed by atoms with Crippen molar-refractivity contribution in [1.29, 1.82) is 0 Å². The summed E-state index contributed by atoms with van der Waals surface area (Å²) in [5.41, 5.74) is 2.09. The summed E-state index contributed by atoms with van der Waals surface area (Å²) in [5, 5.41) is 7.93. The van der Waals surface area contributed by atoms with E-state index in [4.69, 9.17) is 0 Å². The molecule has 0 fully saturated rings. The van der Waals surface area contributed by atoms with Crippen LogP contribution >= 0.6 is 0 Å².